The molecule has 0 bridgehead atoms. The number of benzene rings is 3. The minimum absolute atomic E-state index is 0.0248. The maximum atomic E-state index is 12.0. The molecular weight excluding hydrogens is 396 g/mol. The Morgan fingerprint density at radius 1 is 1.03 bits per heavy atom. The van der Waals surface area contributed by atoms with E-state index in [-0.39, 0.29) is 11.4 Å². The number of nitrogens with zero attached hydrogens (tertiary/aromatic N) is 3. The Morgan fingerprint density at radius 3 is 2.65 bits per heavy atom. The highest BCUT2D eigenvalue weighted by molar-refractivity contribution is 5.86. The lowest BCUT2D eigenvalue weighted by Gasteiger charge is -2.08. The van der Waals surface area contributed by atoms with Gasteiger partial charge in [0.2, 0.25) is 0 Å². The van der Waals surface area contributed by atoms with Gasteiger partial charge in [0, 0.05) is 18.0 Å². The number of rotatable bonds is 7. The van der Waals surface area contributed by atoms with Crippen molar-refractivity contribution in [2.75, 3.05) is 6.61 Å². The molecule has 0 saturated heterocycles. The lowest BCUT2D eigenvalue weighted by Crippen LogP contribution is -2.24. The number of carbonyl (C=O) groups is 1. The second kappa shape index (κ2) is 8.91. The van der Waals surface area contributed by atoms with Gasteiger partial charge >= 0.3 is 5.69 Å². The summed E-state index contributed by atoms with van der Waals surface area (Å²) in [6.45, 7) is -0.395. The Kier molecular flexibility index (Phi) is 5.70. The number of aromatic nitrogens is 1. The smallest absolute Gasteiger partial charge is 0.310 e. The van der Waals surface area contributed by atoms with E-state index in [1.807, 2.05) is 53.2 Å². The van der Waals surface area contributed by atoms with Crippen molar-refractivity contribution in [3.8, 4) is 11.4 Å². The fourth-order valence-electron chi connectivity index (χ4n) is 3.14. The zero-order valence-corrected chi connectivity index (χ0v) is 16.3. The van der Waals surface area contributed by atoms with Crippen molar-refractivity contribution in [2.24, 2.45) is 5.10 Å². The monoisotopic (exact) mass is 414 g/mol. The third kappa shape index (κ3) is 4.59. The molecule has 3 aromatic carbocycles. The van der Waals surface area contributed by atoms with Gasteiger partial charge in [0.15, 0.2) is 12.4 Å². The summed E-state index contributed by atoms with van der Waals surface area (Å²) in [5.41, 5.74) is 3.91. The number of hydrogen-bond donors (Lipinski definition) is 1. The molecule has 0 radical (unpaired) electrons. The quantitative estimate of drug-likeness (QED) is 0.280. The van der Waals surface area contributed by atoms with E-state index in [2.05, 4.69) is 22.7 Å². The predicted molar refractivity (Wildman–Crippen MR) is 118 cm³/mol. The van der Waals surface area contributed by atoms with Crippen molar-refractivity contribution < 1.29 is 14.5 Å². The molecule has 0 spiro atoms. The van der Waals surface area contributed by atoms with Gasteiger partial charge in [-0.25, -0.2) is 5.43 Å². The molecule has 0 atom stereocenters. The summed E-state index contributed by atoms with van der Waals surface area (Å²) in [6.07, 6.45) is 3.43. The molecule has 0 aliphatic heterocycles. The average Bonchev–Trinajstić information content (AvgIpc) is 3.26. The first-order valence-corrected chi connectivity index (χ1v) is 9.46. The summed E-state index contributed by atoms with van der Waals surface area (Å²) in [5, 5.41) is 17.2. The summed E-state index contributed by atoms with van der Waals surface area (Å²) in [5.74, 6) is -0.505. The first kappa shape index (κ1) is 19.8. The fourth-order valence-corrected chi connectivity index (χ4v) is 3.14. The molecule has 8 nitrogen and oxygen atoms in total. The molecule has 8 heteroatoms. The van der Waals surface area contributed by atoms with E-state index >= 15 is 0 Å². The predicted octanol–water partition coefficient (Wildman–Crippen LogP) is 4.07. The van der Waals surface area contributed by atoms with E-state index in [0.29, 0.717) is 0 Å². The van der Waals surface area contributed by atoms with Crippen LogP contribution >= 0.6 is 0 Å². The van der Waals surface area contributed by atoms with Gasteiger partial charge in [-0.1, -0.05) is 42.5 Å². The highest BCUT2D eigenvalue weighted by Crippen LogP contribution is 2.25. The van der Waals surface area contributed by atoms with Crippen molar-refractivity contribution in [3.05, 3.63) is 101 Å². The van der Waals surface area contributed by atoms with Crippen molar-refractivity contribution in [1.29, 1.82) is 0 Å². The standard InChI is InChI=1S/C23H18N4O4/c28-23(16-31-22-10-4-3-9-21(22)27(29)30)25-24-15-20-8-5-13-26(20)19-12-11-17-6-1-2-7-18(17)14-19/h1-15H,16H2,(H,25,28)/b24-15-. The summed E-state index contributed by atoms with van der Waals surface area (Å²) in [7, 11) is 0. The summed E-state index contributed by atoms with van der Waals surface area (Å²) in [6, 6.07) is 23.9. The van der Waals surface area contributed by atoms with Crippen LogP contribution in [0.2, 0.25) is 0 Å². The van der Waals surface area contributed by atoms with E-state index in [9.17, 15) is 14.9 Å². The van der Waals surface area contributed by atoms with E-state index in [1.54, 1.807) is 6.07 Å². The van der Waals surface area contributed by atoms with E-state index < -0.39 is 17.4 Å². The Bertz CT molecular complexity index is 1280. The number of amides is 1. The number of nitrogens with one attached hydrogen (secondary N) is 1. The first-order valence-electron chi connectivity index (χ1n) is 9.46. The number of para-hydroxylation sites is 2. The highest BCUT2D eigenvalue weighted by Gasteiger charge is 2.14. The topological polar surface area (TPSA) is 98.8 Å². The van der Waals surface area contributed by atoms with Gasteiger partial charge in [0.05, 0.1) is 16.8 Å². The number of hydrogen-bond acceptors (Lipinski definition) is 5. The number of carbonyl (C=O) groups excluding carboxylic acids is 1. The molecule has 31 heavy (non-hydrogen) atoms. The normalized spacial score (nSPS) is 11.0. The minimum atomic E-state index is -0.563. The largest absolute Gasteiger partial charge is 0.477 e. The molecule has 1 amide bonds. The van der Waals surface area contributed by atoms with Gasteiger partial charge in [0.1, 0.15) is 0 Å². The van der Waals surface area contributed by atoms with Gasteiger partial charge in [-0.2, -0.15) is 5.10 Å². The zero-order valence-electron chi connectivity index (χ0n) is 16.3. The highest BCUT2D eigenvalue weighted by atomic mass is 16.6. The van der Waals surface area contributed by atoms with E-state index in [4.69, 9.17) is 4.74 Å². The lowest BCUT2D eigenvalue weighted by molar-refractivity contribution is -0.385. The summed E-state index contributed by atoms with van der Waals surface area (Å²) < 4.78 is 7.20. The minimum Gasteiger partial charge on any atom is -0.477 e. The SMILES string of the molecule is O=C(COc1ccccc1[N+](=O)[O-])N/N=C\c1cccn1-c1ccc2ccccc2c1. The Balaban J connectivity index is 1.40. The van der Waals surface area contributed by atoms with Crippen LogP contribution in [0.5, 0.6) is 5.75 Å². The van der Waals surface area contributed by atoms with Crippen LogP contribution in [0.3, 0.4) is 0 Å². The molecule has 0 aliphatic carbocycles. The van der Waals surface area contributed by atoms with E-state index in [0.717, 1.165) is 22.2 Å². The van der Waals surface area contributed by atoms with Crippen LogP contribution in [0, 0.1) is 10.1 Å². The molecule has 0 saturated carbocycles. The van der Waals surface area contributed by atoms with Crippen molar-refractivity contribution in [1.82, 2.24) is 9.99 Å². The molecule has 1 aromatic heterocycles. The third-order valence-corrected chi connectivity index (χ3v) is 4.60. The van der Waals surface area contributed by atoms with Crippen molar-refractivity contribution >= 4 is 28.6 Å². The molecule has 154 valence electrons. The van der Waals surface area contributed by atoms with Crippen LogP contribution in [0.4, 0.5) is 5.69 Å². The van der Waals surface area contributed by atoms with Crippen molar-refractivity contribution in [3.63, 3.8) is 0 Å². The molecule has 1 N–H and O–H groups in total. The average molecular weight is 414 g/mol. The van der Waals surface area contributed by atoms with E-state index in [1.165, 1.54) is 24.4 Å². The Hall–Kier alpha value is -4.46. The van der Waals surface area contributed by atoms with Gasteiger partial charge in [-0.15, -0.1) is 0 Å². The van der Waals surface area contributed by atoms with Crippen LogP contribution < -0.4 is 10.2 Å². The second-order valence-electron chi connectivity index (χ2n) is 6.64. The number of nitro benzene ring substituents is 1. The third-order valence-electron chi connectivity index (χ3n) is 4.60. The maximum absolute atomic E-state index is 12.0. The Labute approximate surface area is 177 Å². The van der Waals surface area contributed by atoms with Gasteiger partial charge in [-0.05, 0) is 41.1 Å². The lowest BCUT2D eigenvalue weighted by atomic mass is 10.1. The molecule has 1 heterocycles. The number of fused-ring (bicyclic) bond motifs is 1. The summed E-state index contributed by atoms with van der Waals surface area (Å²) in [4.78, 5) is 22.4. The van der Waals surface area contributed by atoms with Crippen molar-refractivity contribution in [2.45, 2.75) is 0 Å². The Morgan fingerprint density at radius 2 is 1.81 bits per heavy atom. The zero-order chi connectivity index (χ0) is 21.6. The second-order valence-corrected chi connectivity index (χ2v) is 6.64. The molecule has 0 unspecified atom stereocenters. The van der Waals surface area contributed by atoms with Gasteiger partial charge in [-0.3, -0.25) is 14.9 Å². The van der Waals surface area contributed by atoms with Crippen LogP contribution in [0.15, 0.2) is 90.2 Å². The van der Waals surface area contributed by atoms with Crippen LogP contribution in [0.1, 0.15) is 5.69 Å². The molecule has 4 rings (SSSR count). The molecular formula is C23H18N4O4. The summed E-state index contributed by atoms with van der Waals surface area (Å²) >= 11 is 0. The van der Waals surface area contributed by atoms with Crippen LogP contribution in [-0.2, 0) is 4.79 Å². The molecule has 0 aliphatic rings. The number of nitro groups is 1. The molecule has 4 aromatic rings. The van der Waals surface area contributed by atoms with Crippen LogP contribution in [0.25, 0.3) is 16.5 Å². The van der Waals surface area contributed by atoms with Gasteiger partial charge < -0.3 is 9.30 Å². The number of hydrazone groups is 1. The fraction of sp³-hybridized carbons (Fsp3) is 0.0435. The van der Waals surface area contributed by atoms with Crippen LogP contribution in [-0.4, -0.2) is 28.2 Å². The first-order chi connectivity index (χ1) is 15.1. The number of ether oxygens (including phenoxy) is 1. The molecule has 0 fully saturated rings. The maximum Gasteiger partial charge on any atom is 0.310 e. The van der Waals surface area contributed by atoms with Gasteiger partial charge in [0.25, 0.3) is 5.91 Å².